The van der Waals surface area contributed by atoms with Gasteiger partial charge in [-0.3, -0.25) is 9.78 Å². The molecule has 1 amide bonds. The van der Waals surface area contributed by atoms with E-state index in [4.69, 9.17) is 0 Å². The van der Waals surface area contributed by atoms with Gasteiger partial charge in [-0.1, -0.05) is 24.3 Å². The Labute approximate surface area is 141 Å². The minimum absolute atomic E-state index is 0.213. The van der Waals surface area contributed by atoms with Crippen molar-refractivity contribution in [3.63, 3.8) is 0 Å². The molecule has 2 heterocycles. The number of nitrogens with zero attached hydrogens (tertiary/aromatic N) is 1. The van der Waals surface area contributed by atoms with Crippen LogP contribution in [0.4, 0.5) is 0 Å². The van der Waals surface area contributed by atoms with Crippen molar-refractivity contribution in [2.75, 3.05) is 19.3 Å². The van der Waals surface area contributed by atoms with Crippen LogP contribution < -0.4 is 10.6 Å². The summed E-state index contributed by atoms with van der Waals surface area (Å²) in [5, 5.41) is 7.90. The molecule has 2 N–H and O–H groups in total. The van der Waals surface area contributed by atoms with Crippen molar-refractivity contribution >= 4 is 26.5 Å². The van der Waals surface area contributed by atoms with Crippen molar-refractivity contribution in [3.05, 3.63) is 42.2 Å². The Balaban J connectivity index is 1.83. The number of carbonyl (C=O) groups excluding carboxylic acids is 1. The molecular weight excluding hydrogens is 326 g/mol. The van der Waals surface area contributed by atoms with Gasteiger partial charge in [-0.15, -0.1) is 0 Å². The van der Waals surface area contributed by atoms with Gasteiger partial charge in [-0.2, -0.15) is 0 Å². The molecule has 0 aliphatic carbocycles. The summed E-state index contributed by atoms with van der Waals surface area (Å²) in [6.45, 7) is 1.25. The highest BCUT2D eigenvalue weighted by molar-refractivity contribution is 7.92. The maximum absolute atomic E-state index is 12.7. The number of hydrogen-bond donors (Lipinski definition) is 2. The van der Waals surface area contributed by atoms with Crippen LogP contribution in [0.25, 0.3) is 10.8 Å². The van der Waals surface area contributed by atoms with Gasteiger partial charge in [0, 0.05) is 17.8 Å². The van der Waals surface area contributed by atoms with Crippen molar-refractivity contribution in [3.8, 4) is 0 Å². The number of benzene rings is 1. The van der Waals surface area contributed by atoms with E-state index in [2.05, 4.69) is 15.6 Å². The molecule has 1 aromatic heterocycles. The van der Waals surface area contributed by atoms with Gasteiger partial charge in [0.05, 0.1) is 12.2 Å². The predicted molar refractivity (Wildman–Crippen MR) is 93.3 cm³/mol. The molecule has 1 fully saturated rings. The standard InChI is InChI=1S/C17H21N3O3S/c1-24(22,23)17(7-10-18-11-8-17)16(21)20-12-15-14-5-3-2-4-13(14)6-9-19-15/h2-6,9,18H,7-8,10-12H2,1H3,(H,20,21). The van der Waals surface area contributed by atoms with Gasteiger partial charge in [0.15, 0.2) is 14.6 Å². The molecule has 1 aromatic carbocycles. The number of fused-ring (bicyclic) bond motifs is 1. The van der Waals surface area contributed by atoms with Crippen LogP contribution >= 0.6 is 0 Å². The first-order chi connectivity index (χ1) is 11.4. The molecule has 0 bridgehead atoms. The molecule has 1 saturated heterocycles. The second-order valence-electron chi connectivity index (χ2n) is 6.18. The quantitative estimate of drug-likeness (QED) is 0.862. The third kappa shape index (κ3) is 3.01. The van der Waals surface area contributed by atoms with Crippen LogP contribution in [0.1, 0.15) is 18.5 Å². The molecular formula is C17H21N3O3S. The predicted octanol–water partition coefficient (Wildman–Crippen LogP) is 1.02. The maximum atomic E-state index is 12.7. The largest absolute Gasteiger partial charge is 0.349 e. The summed E-state index contributed by atoms with van der Waals surface area (Å²) in [5.41, 5.74) is 0.735. The molecule has 2 aromatic rings. The molecule has 0 spiro atoms. The molecule has 128 valence electrons. The van der Waals surface area contributed by atoms with Crippen molar-refractivity contribution in [1.29, 1.82) is 0 Å². The lowest BCUT2D eigenvalue weighted by molar-refractivity contribution is -0.124. The van der Waals surface area contributed by atoms with Crippen molar-refractivity contribution < 1.29 is 13.2 Å². The second-order valence-corrected chi connectivity index (χ2v) is 8.50. The summed E-state index contributed by atoms with van der Waals surface area (Å²) in [5.74, 6) is -0.429. The lowest BCUT2D eigenvalue weighted by atomic mass is 9.95. The van der Waals surface area contributed by atoms with E-state index >= 15 is 0 Å². The van der Waals surface area contributed by atoms with Gasteiger partial charge < -0.3 is 10.6 Å². The Kier molecular flexibility index (Phi) is 4.56. The number of nitrogens with one attached hydrogen (secondary N) is 2. The number of hydrogen-bond acceptors (Lipinski definition) is 5. The number of pyridine rings is 1. The van der Waals surface area contributed by atoms with E-state index in [9.17, 15) is 13.2 Å². The highest BCUT2D eigenvalue weighted by Gasteiger charge is 2.48. The summed E-state index contributed by atoms with van der Waals surface area (Å²) in [7, 11) is -3.51. The average Bonchev–Trinajstić information content (AvgIpc) is 2.59. The summed E-state index contributed by atoms with van der Waals surface area (Å²) >= 11 is 0. The summed E-state index contributed by atoms with van der Waals surface area (Å²) in [6.07, 6.45) is 3.43. The number of aromatic nitrogens is 1. The van der Waals surface area contributed by atoms with Crippen molar-refractivity contribution in [2.45, 2.75) is 24.1 Å². The van der Waals surface area contributed by atoms with Crippen LogP contribution in [-0.4, -0.2) is 43.4 Å². The Bertz CT molecular complexity index is 853. The van der Waals surface area contributed by atoms with E-state index in [0.717, 1.165) is 22.7 Å². The van der Waals surface area contributed by atoms with Crippen LogP contribution in [0, 0.1) is 0 Å². The zero-order valence-corrected chi connectivity index (χ0v) is 14.4. The van der Waals surface area contributed by atoms with E-state index in [1.807, 2.05) is 30.3 Å². The maximum Gasteiger partial charge on any atom is 0.241 e. The zero-order chi connectivity index (χ0) is 17.2. The molecule has 6 nitrogen and oxygen atoms in total. The fourth-order valence-corrected chi connectivity index (χ4v) is 4.60. The van der Waals surface area contributed by atoms with Crippen LogP contribution in [0.5, 0.6) is 0 Å². The van der Waals surface area contributed by atoms with Crippen molar-refractivity contribution in [1.82, 2.24) is 15.6 Å². The lowest BCUT2D eigenvalue weighted by Crippen LogP contribution is -2.57. The zero-order valence-electron chi connectivity index (χ0n) is 13.6. The molecule has 1 aliphatic rings. The van der Waals surface area contributed by atoms with Crippen LogP contribution in [0.3, 0.4) is 0 Å². The molecule has 0 unspecified atom stereocenters. The van der Waals surface area contributed by atoms with Gasteiger partial charge in [-0.25, -0.2) is 8.42 Å². The van der Waals surface area contributed by atoms with Gasteiger partial charge in [0.2, 0.25) is 5.91 Å². The molecule has 24 heavy (non-hydrogen) atoms. The SMILES string of the molecule is CS(=O)(=O)C1(C(=O)NCc2nccc3ccccc23)CCNCC1. The normalized spacial score (nSPS) is 17.5. The van der Waals surface area contributed by atoms with Crippen LogP contribution in [0.2, 0.25) is 0 Å². The molecule has 0 radical (unpaired) electrons. The number of piperidine rings is 1. The van der Waals surface area contributed by atoms with Crippen LogP contribution in [-0.2, 0) is 21.2 Å². The van der Waals surface area contributed by atoms with Gasteiger partial charge >= 0.3 is 0 Å². The van der Waals surface area contributed by atoms with Gasteiger partial charge in [0.1, 0.15) is 0 Å². The smallest absolute Gasteiger partial charge is 0.241 e. The molecule has 0 saturated carbocycles. The fraction of sp³-hybridized carbons (Fsp3) is 0.412. The number of amides is 1. The van der Waals surface area contributed by atoms with Gasteiger partial charge in [-0.05, 0) is 37.4 Å². The third-order valence-corrected chi connectivity index (χ3v) is 6.72. The highest BCUT2D eigenvalue weighted by atomic mass is 32.2. The Morgan fingerprint density at radius 2 is 1.96 bits per heavy atom. The average molecular weight is 347 g/mol. The minimum atomic E-state index is -3.51. The number of carbonyl (C=O) groups is 1. The Morgan fingerprint density at radius 1 is 1.25 bits per heavy atom. The fourth-order valence-electron chi connectivity index (χ4n) is 3.25. The molecule has 7 heteroatoms. The minimum Gasteiger partial charge on any atom is -0.349 e. The first kappa shape index (κ1) is 16.9. The van der Waals surface area contributed by atoms with E-state index in [1.54, 1.807) is 6.20 Å². The first-order valence-corrected chi connectivity index (χ1v) is 9.84. The Morgan fingerprint density at radius 3 is 2.67 bits per heavy atom. The summed E-state index contributed by atoms with van der Waals surface area (Å²) < 4.78 is 23.2. The van der Waals surface area contributed by atoms with E-state index in [1.165, 1.54) is 0 Å². The monoisotopic (exact) mass is 347 g/mol. The number of rotatable bonds is 4. The molecule has 0 atom stereocenters. The van der Waals surface area contributed by atoms with Gasteiger partial charge in [0.25, 0.3) is 0 Å². The number of sulfone groups is 1. The third-order valence-electron chi connectivity index (χ3n) is 4.71. The van der Waals surface area contributed by atoms with Crippen molar-refractivity contribution in [2.24, 2.45) is 0 Å². The van der Waals surface area contributed by atoms with E-state index in [0.29, 0.717) is 25.9 Å². The second kappa shape index (κ2) is 6.49. The van der Waals surface area contributed by atoms with Crippen LogP contribution in [0.15, 0.2) is 36.5 Å². The lowest BCUT2D eigenvalue weighted by Gasteiger charge is -2.34. The first-order valence-electron chi connectivity index (χ1n) is 7.95. The van der Waals surface area contributed by atoms with E-state index < -0.39 is 20.5 Å². The summed E-state index contributed by atoms with van der Waals surface area (Å²) in [6, 6.07) is 9.69. The molecule has 3 rings (SSSR count). The Hall–Kier alpha value is -1.99. The topological polar surface area (TPSA) is 88.2 Å². The van der Waals surface area contributed by atoms with E-state index in [-0.39, 0.29) is 6.54 Å². The molecule has 1 aliphatic heterocycles. The summed E-state index contributed by atoms with van der Waals surface area (Å²) in [4.78, 5) is 17.1. The highest BCUT2D eigenvalue weighted by Crippen LogP contribution is 2.28.